The van der Waals surface area contributed by atoms with Crippen molar-refractivity contribution >= 4 is 29.5 Å². The van der Waals surface area contributed by atoms with E-state index >= 15 is 0 Å². The molecule has 0 radical (unpaired) electrons. The largest absolute Gasteiger partial charge is 0.368 e. The van der Waals surface area contributed by atoms with Crippen molar-refractivity contribution in [3.63, 3.8) is 0 Å². The van der Waals surface area contributed by atoms with E-state index in [4.69, 9.17) is 5.73 Å². The molecule has 1 aromatic heterocycles. The average Bonchev–Trinajstić information content (AvgIpc) is 2.90. The van der Waals surface area contributed by atoms with Crippen LogP contribution in [0.15, 0.2) is 24.3 Å². The summed E-state index contributed by atoms with van der Waals surface area (Å²) < 4.78 is 0. The van der Waals surface area contributed by atoms with Gasteiger partial charge in [-0.05, 0) is 31.9 Å². The zero-order chi connectivity index (χ0) is 21.7. The minimum atomic E-state index is -0.897. The van der Waals surface area contributed by atoms with Crippen LogP contribution in [0.2, 0.25) is 0 Å². The fourth-order valence-electron chi connectivity index (χ4n) is 3.51. The number of imide groups is 1. The van der Waals surface area contributed by atoms with E-state index in [9.17, 15) is 9.59 Å². The lowest BCUT2D eigenvalue weighted by molar-refractivity contribution is -0.131. The Morgan fingerprint density at radius 1 is 1.13 bits per heavy atom. The molecule has 9 nitrogen and oxygen atoms in total. The molecule has 30 heavy (non-hydrogen) atoms. The molecular weight excluding hydrogens is 382 g/mol. The van der Waals surface area contributed by atoms with Gasteiger partial charge in [-0.25, -0.2) is 4.79 Å². The number of carbonyl (C=O) groups excluding carboxylic acids is 2. The Hall–Kier alpha value is -3.23. The van der Waals surface area contributed by atoms with Crippen molar-refractivity contribution in [2.45, 2.75) is 65.0 Å². The summed E-state index contributed by atoms with van der Waals surface area (Å²) in [4.78, 5) is 39.1. The molecule has 1 aliphatic heterocycles. The quantitative estimate of drug-likeness (QED) is 0.427. The van der Waals surface area contributed by atoms with E-state index < -0.39 is 11.6 Å². The van der Waals surface area contributed by atoms with E-state index in [0.717, 1.165) is 41.8 Å². The summed E-state index contributed by atoms with van der Waals surface area (Å²) in [6, 6.07) is 7.25. The molecule has 0 spiro atoms. The Kier molecular flexibility index (Phi) is 6.49. The van der Waals surface area contributed by atoms with Gasteiger partial charge in [0.2, 0.25) is 11.9 Å². The summed E-state index contributed by atoms with van der Waals surface area (Å²) in [7, 11) is 0. The van der Waals surface area contributed by atoms with Gasteiger partial charge in [-0.2, -0.15) is 15.0 Å². The van der Waals surface area contributed by atoms with E-state index in [1.54, 1.807) is 6.92 Å². The van der Waals surface area contributed by atoms with E-state index in [1.807, 2.05) is 31.2 Å². The number of nitrogens with one attached hydrogen (secondary N) is 2. The maximum atomic E-state index is 12.9. The highest BCUT2D eigenvalue weighted by Crippen LogP contribution is 2.25. The molecule has 1 fully saturated rings. The van der Waals surface area contributed by atoms with Crippen molar-refractivity contribution < 1.29 is 9.59 Å². The van der Waals surface area contributed by atoms with Crippen molar-refractivity contribution in [2.75, 3.05) is 11.1 Å². The number of hydrogen-bond acceptors (Lipinski definition) is 7. The van der Waals surface area contributed by atoms with Crippen LogP contribution in [-0.4, -0.2) is 37.3 Å². The highest BCUT2D eigenvalue weighted by atomic mass is 16.2. The first-order valence-corrected chi connectivity index (χ1v) is 10.3. The molecule has 1 saturated heterocycles. The summed E-state index contributed by atoms with van der Waals surface area (Å²) in [5.41, 5.74) is 6.79. The van der Waals surface area contributed by atoms with Gasteiger partial charge in [0, 0.05) is 5.69 Å². The zero-order valence-electron chi connectivity index (χ0n) is 17.7. The predicted octanol–water partition coefficient (Wildman–Crippen LogP) is 3.29. The van der Waals surface area contributed by atoms with Crippen LogP contribution in [-0.2, 0) is 11.3 Å². The lowest BCUT2D eigenvalue weighted by Gasteiger charge is -2.21. The summed E-state index contributed by atoms with van der Waals surface area (Å²) in [6.45, 7) is 5.80. The number of nitrogens with two attached hydrogens (primary N) is 1. The summed E-state index contributed by atoms with van der Waals surface area (Å²) in [5, 5.41) is 5.93. The van der Waals surface area contributed by atoms with Gasteiger partial charge in [-0.15, -0.1) is 0 Å². The van der Waals surface area contributed by atoms with Crippen LogP contribution in [0.5, 0.6) is 0 Å². The molecular formula is C21H29N7O2. The van der Waals surface area contributed by atoms with Gasteiger partial charge in [0.25, 0.3) is 5.91 Å². The van der Waals surface area contributed by atoms with Crippen LogP contribution in [0.1, 0.15) is 57.3 Å². The van der Waals surface area contributed by atoms with Gasteiger partial charge >= 0.3 is 6.03 Å². The standard InChI is InChI=1S/C21H29N7O2/c1-4-5-6-9-12-21(3)17(29)28(20(30)27-21)13-16-24-18(22)26-19(25-16)23-15-11-8-7-10-14(15)2/h7-8,10-11H,4-6,9,12-13H2,1-3H3,(H,27,30)(H3,22,23,24,25,26)/t21-/m0/s1. The van der Waals surface area contributed by atoms with Crippen LogP contribution < -0.4 is 16.4 Å². The molecule has 0 bridgehead atoms. The van der Waals surface area contributed by atoms with E-state index in [-0.39, 0.29) is 30.2 Å². The summed E-state index contributed by atoms with van der Waals surface area (Å²) in [5.74, 6) is 0.264. The number of nitrogen functional groups attached to an aromatic ring is 1. The first-order valence-electron chi connectivity index (χ1n) is 10.3. The van der Waals surface area contributed by atoms with Crippen molar-refractivity contribution in [2.24, 2.45) is 0 Å². The molecule has 3 rings (SSSR count). The van der Waals surface area contributed by atoms with Crippen molar-refractivity contribution in [1.82, 2.24) is 25.2 Å². The SMILES string of the molecule is CCCCCC[C@]1(C)NC(=O)N(Cc2nc(N)nc(Nc3ccccc3C)n2)C1=O. The fraction of sp³-hybridized carbons (Fsp3) is 0.476. The maximum absolute atomic E-state index is 12.9. The number of rotatable bonds is 9. The molecule has 2 heterocycles. The third-order valence-corrected chi connectivity index (χ3v) is 5.27. The number of nitrogens with zero attached hydrogens (tertiary/aromatic N) is 4. The maximum Gasteiger partial charge on any atom is 0.325 e. The second-order valence-corrected chi connectivity index (χ2v) is 7.84. The number of aryl methyl sites for hydroxylation is 1. The third-order valence-electron chi connectivity index (χ3n) is 5.27. The average molecular weight is 412 g/mol. The van der Waals surface area contributed by atoms with Gasteiger partial charge in [0.1, 0.15) is 5.54 Å². The predicted molar refractivity (Wildman–Crippen MR) is 115 cm³/mol. The van der Waals surface area contributed by atoms with Crippen LogP contribution in [0.4, 0.5) is 22.4 Å². The molecule has 0 saturated carbocycles. The number of anilines is 3. The molecule has 0 unspecified atom stereocenters. The number of urea groups is 1. The summed E-state index contributed by atoms with van der Waals surface area (Å²) in [6.07, 6.45) is 4.75. The molecule has 1 atom stereocenters. The molecule has 4 N–H and O–H groups in total. The monoisotopic (exact) mass is 411 g/mol. The topological polar surface area (TPSA) is 126 Å². The normalized spacial score (nSPS) is 18.6. The van der Waals surface area contributed by atoms with Crippen molar-refractivity contribution in [3.8, 4) is 0 Å². The number of unbranched alkanes of at least 4 members (excludes halogenated alkanes) is 3. The number of amides is 3. The Morgan fingerprint density at radius 3 is 2.63 bits per heavy atom. The smallest absolute Gasteiger partial charge is 0.325 e. The van der Waals surface area contributed by atoms with Gasteiger partial charge in [0.15, 0.2) is 5.82 Å². The highest BCUT2D eigenvalue weighted by Gasteiger charge is 2.47. The van der Waals surface area contributed by atoms with E-state index in [2.05, 4.69) is 32.5 Å². The molecule has 0 aliphatic carbocycles. The number of para-hydroxylation sites is 1. The molecule has 3 amide bonds. The van der Waals surface area contributed by atoms with Gasteiger partial charge in [-0.3, -0.25) is 9.69 Å². The van der Waals surface area contributed by atoms with Crippen LogP contribution in [0, 0.1) is 6.92 Å². The van der Waals surface area contributed by atoms with E-state index in [1.165, 1.54) is 0 Å². The molecule has 160 valence electrons. The fourth-order valence-corrected chi connectivity index (χ4v) is 3.51. The number of hydrogen-bond donors (Lipinski definition) is 3. The van der Waals surface area contributed by atoms with Crippen molar-refractivity contribution in [1.29, 1.82) is 0 Å². The van der Waals surface area contributed by atoms with Crippen molar-refractivity contribution in [3.05, 3.63) is 35.7 Å². The van der Waals surface area contributed by atoms with Crippen LogP contribution in [0.25, 0.3) is 0 Å². The first kappa shape index (κ1) is 21.5. The summed E-state index contributed by atoms with van der Waals surface area (Å²) >= 11 is 0. The second-order valence-electron chi connectivity index (χ2n) is 7.84. The minimum absolute atomic E-state index is 0.0189. The van der Waals surface area contributed by atoms with Gasteiger partial charge < -0.3 is 16.4 Å². The third kappa shape index (κ3) is 4.84. The zero-order valence-corrected chi connectivity index (χ0v) is 17.7. The second kappa shape index (κ2) is 9.06. The lowest BCUT2D eigenvalue weighted by atomic mass is 9.94. The van der Waals surface area contributed by atoms with Gasteiger partial charge in [-0.1, -0.05) is 50.8 Å². The highest BCUT2D eigenvalue weighted by molar-refractivity contribution is 6.06. The Labute approximate surface area is 176 Å². The molecule has 1 aromatic carbocycles. The lowest BCUT2D eigenvalue weighted by Crippen LogP contribution is -2.43. The number of aromatic nitrogens is 3. The van der Waals surface area contributed by atoms with E-state index in [0.29, 0.717) is 6.42 Å². The van der Waals surface area contributed by atoms with Crippen LogP contribution in [0.3, 0.4) is 0 Å². The van der Waals surface area contributed by atoms with Crippen LogP contribution >= 0.6 is 0 Å². The molecule has 1 aliphatic rings. The molecule has 9 heteroatoms. The number of benzene rings is 1. The molecule has 2 aromatic rings. The first-order chi connectivity index (χ1) is 14.3. The van der Waals surface area contributed by atoms with Gasteiger partial charge in [0.05, 0.1) is 6.54 Å². The minimum Gasteiger partial charge on any atom is -0.368 e. The Morgan fingerprint density at radius 2 is 1.90 bits per heavy atom. The Bertz CT molecular complexity index is 933. The Balaban J connectivity index is 1.72. The number of carbonyl (C=O) groups is 2.